The number of anilines is 1. The number of hydrogen-bond donors (Lipinski definition) is 1. The van der Waals surface area contributed by atoms with Crippen LogP contribution >= 0.6 is 11.9 Å². The Balaban J connectivity index is 1.97. The second kappa shape index (κ2) is 5.92. The molecule has 1 saturated heterocycles. The van der Waals surface area contributed by atoms with Gasteiger partial charge in [-0.1, -0.05) is 24.9 Å². The third kappa shape index (κ3) is 3.48. The lowest BCUT2D eigenvalue weighted by atomic mass is 9.80. The molecule has 1 aromatic heterocycles. The van der Waals surface area contributed by atoms with Gasteiger partial charge in [-0.15, -0.1) is 0 Å². The lowest BCUT2D eigenvalue weighted by Crippen LogP contribution is -2.42. The first-order valence-corrected chi connectivity index (χ1v) is 7.75. The van der Waals surface area contributed by atoms with Gasteiger partial charge in [0, 0.05) is 24.7 Å². The van der Waals surface area contributed by atoms with Crippen LogP contribution in [0.2, 0.25) is 0 Å². The highest BCUT2D eigenvalue weighted by atomic mass is 32.2. The van der Waals surface area contributed by atoms with Crippen LogP contribution < -0.4 is 5.32 Å². The fourth-order valence-electron chi connectivity index (χ4n) is 2.20. The molecule has 0 spiro atoms. The van der Waals surface area contributed by atoms with Crippen LogP contribution in [0.15, 0.2) is 18.3 Å². The minimum absolute atomic E-state index is 0.0876. The molecule has 1 aliphatic heterocycles. The summed E-state index contributed by atoms with van der Waals surface area (Å²) < 4.78 is 2.30. The number of rotatable bonds is 3. The Morgan fingerprint density at radius 3 is 2.63 bits per heavy atom. The van der Waals surface area contributed by atoms with Gasteiger partial charge in [-0.05, 0) is 37.7 Å². The molecule has 1 amide bonds. The summed E-state index contributed by atoms with van der Waals surface area (Å²) in [4.78, 5) is 16.6. The van der Waals surface area contributed by atoms with Crippen LogP contribution in [0.25, 0.3) is 0 Å². The van der Waals surface area contributed by atoms with E-state index in [1.165, 1.54) is 0 Å². The zero-order valence-corrected chi connectivity index (χ0v) is 12.6. The van der Waals surface area contributed by atoms with Gasteiger partial charge >= 0.3 is 0 Å². The molecule has 0 radical (unpaired) electrons. The van der Waals surface area contributed by atoms with E-state index in [0.717, 1.165) is 31.5 Å². The van der Waals surface area contributed by atoms with Gasteiger partial charge in [0.05, 0.1) is 0 Å². The average Bonchev–Trinajstić information content (AvgIpc) is 2.42. The monoisotopic (exact) mass is 279 g/mol. The second-order valence-electron chi connectivity index (χ2n) is 5.35. The summed E-state index contributed by atoms with van der Waals surface area (Å²) in [5.74, 6) is 0.730. The van der Waals surface area contributed by atoms with Crippen LogP contribution in [0, 0.1) is 12.3 Å². The number of nitrogens with one attached hydrogen (secondary N) is 1. The van der Waals surface area contributed by atoms with E-state index in [0.29, 0.717) is 5.82 Å². The molecule has 0 bridgehead atoms. The van der Waals surface area contributed by atoms with Gasteiger partial charge in [0.25, 0.3) is 0 Å². The normalized spacial score (nSPS) is 19.1. The number of nitrogens with zero attached hydrogens (tertiary/aromatic N) is 2. The highest BCUT2D eigenvalue weighted by Crippen LogP contribution is 2.33. The molecule has 19 heavy (non-hydrogen) atoms. The molecule has 104 valence electrons. The van der Waals surface area contributed by atoms with Crippen LogP contribution in [0.4, 0.5) is 5.82 Å². The predicted octanol–water partition coefficient (Wildman–Crippen LogP) is 2.71. The fourth-order valence-corrected chi connectivity index (χ4v) is 2.75. The molecule has 0 aliphatic carbocycles. The van der Waals surface area contributed by atoms with Gasteiger partial charge in [0.1, 0.15) is 5.82 Å². The summed E-state index contributed by atoms with van der Waals surface area (Å²) in [6, 6.07) is 3.81. The predicted molar refractivity (Wildman–Crippen MR) is 80.0 cm³/mol. The maximum atomic E-state index is 12.4. The van der Waals surface area contributed by atoms with Gasteiger partial charge in [0.2, 0.25) is 5.91 Å². The summed E-state index contributed by atoms with van der Waals surface area (Å²) in [5, 5.41) is 2.94. The molecular formula is C14H21N3OS. The molecule has 4 nitrogen and oxygen atoms in total. The van der Waals surface area contributed by atoms with Crippen LogP contribution in [0.3, 0.4) is 0 Å². The summed E-state index contributed by atoms with van der Waals surface area (Å²) in [5.41, 5.74) is 0.816. The molecule has 5 heteroatoms. The molecule has 0 saturated carbocycles. The SMILES string of the molecule is CSN1CCC(C)(C(=O)Nc2ccc(C)cn2)CC1. The number of amides is 1. The third-order valence-electron chi connectivity index (χ3n) is 3.79. The van der Waals surface area contributed by atoms with Crippen molar-refractivity contribution >= 4 is 23.7 Å². The largest absolute Gasteiger partial charge is 0.310 e. The van der Waals surface area contributed by atoms with Crippen molar-refractivity contribution in [1.82, 2.24) is 9.29 Å². The first-order chi connectivity index (χ1) is 9.03. The highest BCUT2D eigenvalue weighted by Gasteiger charge is 2.36. The molecule has 2 heterocycles. The molecule has 1 fully saturated rings. The zero-order chi connectivity index (χ0) is 13.9. The molecule has 1 aliphatic rings. The van der Waals surface area contributed by atoms with Crippen LogP contribution in [-0.2, 0) is 4.79 Å². The van der Waals surface area contributed by atoms with Crippen LogP contribution in [-0.4, -0.2) is 34.5 Å². The Hall–Kier alpha value is -1.07. The van der Waals surface area contributed by atoms with E-state index in [4.69, 9.17) is 0 Å². The fraction of sp³-hybridized carbons (Fsp3) is 0.571. The molecule has 0 atom stereocenters. The number of hydrogen-bond acceptors (Lipinski definition) is 4. The Kier molecular flexibility index (Phi) is 4.47. The zero-order valence-electron chi connectivity index (χ0n) is 11.8. The van der Waals surface area contributed by atoms with Crippen molar-refractivity contribution in [2.75, 3.05) is 24.7 Å². The molecule has 1 N–H and O–H groups in total. The number of carbonyl (C=O) groups is 1. The van der Waals surface area contributed by atoms with Crippen molar-refractivity contribution in [3.05, 3.63) is 23.9 Å². The first kappa shape index (κ1) is 14.3. The topological polar surface area (TPSA) is 45.2 Å². The first-order valence-electron chi connectivity index (χ1n) is 6.57. The standard InChI is InChI=1S/C14H21N3OS/c1-11-4-5-12(15-10-11)16-13(18)14(2)6-8-17(19-3)9-7-14/h4-5,10H,6-9H2,1-3H3,(H,15,16,18). The van der Waals surface area contributed by atoms with E-state index in [2.05, 4.69) is 20.9 Å². The second-order valence-corrected chi connectivity index (χ2v) is 6.23. The van der Waals surface area contributed by atoms with Crippen molar-refractivity contribution < 1.29 is 4.79 Å². The lowest BCUT2D eigenvalue weighted by Gasteiger charge is -2.36. The van der Waals surface area contributed by atoms with Gasteiger partial charge in [-0.3, -0.25) is 9.10 Å². The quantitative estimate of drug-likeness (QED) is 0.864. The highest BCUT2D eigenvalue weighted by molar-refractivity contribution is 7.96. The Bertz CT molecular complexity index is 439. The van der Waals surface area contributed by atoms with E-state index in [9.17, 15) is 4.79 Å². The summed E-state index contributed by atoms with van der Waals surface area (Å²) >= 11 is 1.75. The Labute approximate surface area is 119 Å². The van der Waals surface area contributed by atoms with E-state index in [-0.39, 0.29) is 11.3 Å². The maximum Gasteiger partial charge on any atom is 0.231 e. The number of aromatic nitrogens is 1. The summed E-state index contributed by atoms with van der Waals surface area (Å²) in [6.07, 6.45) is 5.64. The number of piperidine rings is 1. The van der Waals surface area contributed by atoms with E-state index in [1.807, 2.05) is 26.0 Å². The molecule has 2 rings (SSSR count). The Morgan fingerprint density at radius 2 is 2.11 bits per heavy atom. The third-order valence-corrected chi connectivity index (χ3v) is 4.67. The van der Waals surface area contributed by atoms with Crippen LogP contribution in [0.5, 0.6) is 0 Å². The molecule has 0 aromatic carbocycles. The van der Waals surface area contributed by atoms with Gasteiger partial charge in [-0.2, -0.15) is 0 Å². The van der Waals surface area contributed by atoms with E-state index < -0.39 is 0 Å². The van der Waals surface area contributed by atoms with Crippen molar-refractivity contribution in [3.63, 3.8) is 0 Å². The van der Waals surface area contributed by atoms with Gasteiger partial charge in [0.15, 0.2) is 0 Å². The van der Waals surface area contributed by atoms with Crippen molar-refractivity contribution in [3.8, 4) is 0 Å². The summed E-state index contributed by atoms with van der Waals surface area (Å²) in [6.45, 7) is 5.96. The number of pyridine rings is 1. The smallest absolute Gasteiger partial charge is 0.231 e. The number of aryl methyl sites for hydroxylation is 1. The Morgan fingerprint density at radius 1 is 1.42 bits per heavy atom. The van der Waals surface area contributed by atoms with Gasteiger partial charge in [-0.25, -0.2) is 4.98 Å². The minimum Gasteiger partial charge on any atom is -0.310 e. The maximum absolute atomic E-state index is 12.4. The minimum atomic E-state index is -0.279. The average molecular weight is 279 g/mol. The van der Waals surface area contributed by atoms with Crippen molar-refractivity contribution in [2.24, 2.45) is 5.41 Å². The molecular weight excluding hydrogens is 258 g/mol. The van der Waals surface area contributed by atoms with Gasteiger partial charge < -0.3 is 5.32 Å². The van der Waals surface area contributed by atoms with E-state index in [1.54, 1.807) is 18.1 Å². The van der Waals surface area contributed by atoms with Crippen LogP contribution in [0.1, 0.15) is 25.3 Å². The van der Waals surface area contributed by atoms with Crippen molar-refractivity contribution in [2.45, 2.75) is 26.7 Å². The molecule has 0 unspecified atom stereocenters. The molecule has 1 aromatic rings. The summed E-state index contributed by atoms with van der Waals surface area (Å²) in [7, 11) is 0. The number of carbonyl (C=O) groups excluding carboxylic acids is 1. The van der Waals surface area contributed by atoms with Crippen molar-refractivity contribution in [1.29, 1.82) is 0 Å². The lowest BCUT2D eigenvalue weighted by molar-refractivity contribution is -0.126. The van der Waals surface area contributed by atoms with E-state index >= 15 is 0 Å².